The zero-order chi connectivity index (χ0) is 12.3. The molecule has 0 aromatic carbocycles. The summed E-state index contributed by atoms with van der Waals surface area (Å²) in [6.07, 6.45) is 1.24. The van der Waals surface area contributed by atoms with Crippen LogP contribution in [0.5, 0.6) is 0 Å². The van der Waals surface area contributed by atoms with Gasteiger partial charge in [0.05, 0.1) is 0 Å². The fraction of sp³-hybridized carbons (Fsp3) is 1.00. The Morgan fingerprint density at radius 3 is 1.87 bits per heavy atom. The van der Waals surface area contributed by atoms with E-state index in [0.717, 1.165) is 6.61 Å². The number of halogens is 1. The first-order chi connectivity index (χ1) is 6.52. The van der Waals surface area contributed by atoms with Gasteiger partial charge in [-0.15, -0.1) is 0 Å². The molecular formula is C12H27IOSi. The van der Waals surface area contributed by atoms with E-state index in [1.54, 1.807) is 0 Å². The smallest absolute Gasteiger partial charge is 0.192 e. The maximum Gasteiger partial charge on any atom is 0.192 e. The van der Waals surface area contributed by atoms with Gasteiger partial charge in [0.2, 0.25) is 0 Å². The van der Waals surface area contributed by atoms with Crippen molar-refractivity contribution >= 4 is 30.9 Å². The minimum Gasteiger partial charge on any atom is -0.416 e. The Morgan fingerprint density at radius 1 is 1.07 bits per heavy atom. The molecule has 0 rings (SSSR count). The molecule has 0 saturated carbocycles. The molecule has 3 heteroatoms. The van der Waals surface area contributed by atoms with E-state index in [1.165, 1.54) is 10.8 Å². The third-order valence-corrected chi connectivity index (χ3v) is 8.42. The maximum atomic E-state index is 6.25. The van der Waals surface area contributed by atoms with Crippen LogP contribution in [0, 0.1) is 5.41 Å². The SMILES string of the molecule is CC(C)(CCI)CO[Si](C)(C)C(C)(C)C. The lowest BCUT2D eigenvalue weighted by Gasteiger charge is -2.39. The summed E-state index contributed by atoms with van der Waals surface area (Å²) in [5, 5.41) is 0.327. The van der Waals surface area contributed by atoms with E-state index in [2.05, 4.69) is 70.3 Å². The Kier molecular flexibility index (Phi) is 5.83. The van der Waals surface area contributed by atoms with Crippen molar-refractivity contribution in [2.45, 2.75) is 59.2 Å². The second-order valence-electron chi connectivity index (χ2n) is 6.65. The van der Waals surface area contributed by atoms with Crippen LogP contribution in [0.1, 0.15) is 41.0 Å². The van der Waals surface area contributed by atoms with Crippen molar-refractivity contribution in [2.24, 2.45) is 5.41 Å². The molecule has 0 fully saturated rings. The molecule has 0 heterocycles. The Bertz CT molecular complexity index is 194. The molecule has 92 valence electrons. The second kappa shape index (κ2) is 5.49. The van der Waals surface area contributed by atoms with Crippen LogP contribution in [0.2, 0.25) is 18.1 Å². The third-order valence-electron chi connectivity index (χ3n) is 3.40. The van der Waals surface area contributed by atoms with Crippen LogP contribution in [-0.4, -0.2) is 19.4 Å². The lowest BCUT2D eigenvalue weighted by molar-refractivity contribution is 0.162. The minimum absolute atomic E-state index is 0.327. The van der Waals surface area contributed by atoms with E-state index in [0.29, 0.717) is 10.5 Å². The topological polar surface area (TPSA) is 9.23 Å². The zero-order valence-corrected chi connectivity index (χ0v) is 14.6. The van der Waals surface area contributed by atoms with Gasteiger partial charge in [-0.3, -0.25) is 0 Å². The largest absolute Gasteiger partial charge is 0.416 e. The maximum absolute atomic E-state index is 6.25. The van der Waals surface area contributed by atoms with Crippen molar-refractivity contribution in [2.75, 3.05) is 11.0 Å². The Morgan fingerprint density at radius 2 is 1.53 bits per heavy atom. The van der Waals surface area contributed by atoms with Gasteiger partial charge in [-0.05, 0) is 30.0 Å². The summed E-state index contributed by atoms with van der Waals surface area (Å²) in [7, 11) is -1.55. The molecule has 0 amide bonds. The highest BCUT2D eigenvalue weighted by molar-refractivity contribution is 14.1. The molecule has 1 nitrogen and oxygen atoms in total. The standard InChI is InChI=1S/C12H27IOSi/c1-11(2,3)15(6,7)14-10-12(4,5)8-9-13/h8-10H2,1-7H3. The van der Waals surface area contributed by atoms with E-state index in [1.807, 2.05) is 0 Å². The quantitative estimate of drug-likeness (QED) is 0.394. The number of alkyl halides is 1. The summed E-state index contributed by atoms with van der Waals surface area (Å²) in [4.78, 5) is 0. The Balaban J connectivity index is 4.26. The van der Waals surface area contributed by atoms with Crippen LogP contribution in [0.15, 0.2) is 0 Å². The summed E-state index contributed by atoms with van der Waals surface area (Å²) >= 11 is 2.45. The fourth-order valence-electron chi connectivity index (χ4n) is 0.920. The molecule has 0 atom stereocenters. The predicted molar refractivity (Wildman–Crippen MR) is 80.4 cm³/mol. The lowest BCUT2D eigenvalue weighted by atomic mass is 9.92. The van der Waals surface area contributed by atoms with Crippen molar-refractivity contribution in [1.29, 1.82) is 0 Å². The molecule has 0 aliphatic heterocycles. The molecule has 0 N–H and O–H groups in total. The predicted octanol–water partition coefficient (Wildman–Crippen LogP) is 4.86. The fourth-order valence-corrected chi connectivity index (χ4v) is 3.57. The molecule has 0 unspecified atom stereocenters. The van der Waals surface area contributed by atoms with Gasteiger partial charge >= 0.3 is 0 Å². The van der Waals surface area contributed by atoms with Gasteiger partial charge in [-0.1, -0.05) is 57.2 Å². The second-order valence-corrected chi connectivity index (χ2v) is 12.5. The van der Waals surface area contributed by atoms with Crippen LogP contribution < -0.4 is 0 Å². The van der Waals surface area contributed by atoms with Gasteiger partial charge in [0.1, 0.15) is 0 Å². The lowest BCUT2D eigenvalue weighted by Crippen LogP contribution is -2.43. The van der Waals surface area contributed by atoms with Crippen LogP contribution in [0.4, 0.5) is 0 Å². The highest BCUT2D eigenvalue weighted by Crippen LogP contribution is 2.38. The van der Waals surface area contributed by atoms with E-state index in [4.69, 9.17) is 4.43 Å². The van der Waals surface area contributed by atoms with Crippen molar-refractivity contribution in [3.05, 3.63) is 0 Å². The number of hydrogen-bond acceptors (Lipinski definition) is 1. The first kappa shape index (κ1) is 15.9. The molecular weight excluding hydrogens is 315 g/mol. The van der Waals surface area contributed by atoms with Crippen molar-refractivity contribution in [3.8, 4) is 0 Å². The van der Waals surface area contributed by atoms with Crippen LogP contribution >= 0.6 is 22.6 Å². The highest BCUT2D eigenvalue weighted by atomic mass is 127. The first-order valence-electron chi connectivity index (χ1n) is 5.72. The molecule has 0 radical (unpaired) electrons. The van der Waals surface area contributed by atoms with Gasteiger partial charge < -0.3 is 4.43 Å². The van der Waals surface area contributed by atoms with Gasteiger partial charge in [-0.25, -0.2) is 0 Å². The summed E-state index contributed by atoms with van der Waals surface area (Å²) in [5.74, 6) is 0. The van der Waals surface area contributed by atoms with Crippen LogP contribution in [-0.2, 0) is 4.43 Å². The summed E-state index contributed by atoms with van der Waals surface area (Å²) in [6, 6.07) is 0. The highest BCUT2D eigenvalue weighted by Gasteiger charge is 2.38. The van der Waals surface area contributed by atoms with Gasteiger partial charge in [0.25, 0.3) is 0 Å². The number of hydrogen-bond donors (Lipinski definition) is 0. The molecule has 0 bridgehead atoms. The molecule has 0 aromatic heterocycles. The summed E-state index contributed by atoms with van der Waals surface area (Å²) in [6.45, 7) is 17.1. The van der Waals surface area contributed by atoms with Crippen LogP contribution in [0.3, 0.4) is 0 Å². The average Bonchev–Trinajstić information content (AvgIpc) is 1.99. The molecule has 15 heavy (non-hydrogen) atoms. The zero-order valence-electron chi connectivity index (χ0n) is 11.4. The van der Waals surface area contributed by atoms with E-state index in [-0.39, 0.29) is 0 Å². The Hall–Kier alpha value is 0.907. The van der Waals surface area contributed by atoms with Crippen molar-refractivity contribution < 1.29 is 4.43 Å². The van der Waals surface area contributed by atoms with E-state index < -0.39 is 8.32 Å². The molecule has 0 aromatic rings. The first-order valence-corrected chi connectivity index (χ1v) is 10.2. The van der Waals surface area contributed by atoms with Gasteiger partial charge in [-0.2, -0.15) is 0 Å². The average molecular weight is 342 g/mol. The monoisotopic (exact) mass is 342 g/mol. The van der Waals surface area contributed by atoms with Crippen LogP contribution in [0.25, 0.3) is 0 Å². The number of rotatable bonds is 5. The van der Waals surface area contributed by atoms with Crippen molar-refractivity contribution in [1.82, 2.24) is 0 Å². The van der Waals surface area contributed by atoms with E-state index >= 15 is 0 Å². The van der Waals surface area contributed by atoms with Crippen molar-refractivity contribution in [3.63, 3.8) is 0 Å². The minimum atomic E-state index is -1.55. The third kappa shape index (κ3) is 5.68. The normalized spacial score (nSPS) is 14.4. The molecule has 0 aliphatic rings. The Labute approximate surface area is 111 Å². The molecule has 0 saturated heterocycles. The van der Waals surface area contributed by atoms with E-state index in [9.17, 15) is 0 Å². The van der Waals surface area contributed by atoms with Gasteiger partial charge in [0.15, 0.2) is 8.32 Å². The summed E-state index contributed by atoms with van der Waals surface area (Å²) in [5.41, 5.74) is 0.330. The molecule has 0 spiro atoms. The molecule has 0 aliphatic carbocycles. The summed E-state index contributed by atoms with van der Waals surface area (Å²) < 4.78 is 7.46. The van der Waals surface area contributed by atoms with Gasteiger partial charge in [0, 0.05) is 11.0 Å².